The molecule has 0 aromatic rings. The van der Waals surface area contributed by atoms with Crippen LogP contribution in [-0.2, 0) is 0 Å². The molecule has 52 valence electrons. The Labute approximate surface area is 50.0 Å². The van der Waals surface area contributed by atoms with Crippen LogP contribution in [0.25, 0.3) is 0 Å². The summed E-state index contributed by atoms with van der Waals surface area (Å²) in [4.78, 5) is 0. The van der Waals surface area contributed by atoms with Gasteiger partial charge in [0.05, 0.1) is 12.4 Å². The Morgan fingerprint density at radius 1 is 1.22 bits per heavy atom. The van der Waals surface area contributed by atoms with E-state index in [4.69, 9.17) is 0 Å². The minimum atomic E-state index is -2.67. The number of nitrogens with zero attached hydrogens (tertiary/aromatic N) is 2. The van der Waals surface area contributed by atoms with Crippen LogP contribution in [0.4, 0.5) is 13.4 Å². The van der Waals surface area contributed by atoms with Crippen LogP contribution in [0.5, 0.6) is 0 Å². The van der Waals surface area contributed by atoms with E-state index in [0.717, 1.165) is 6.92 Å². The average molecular weight is 138 g/mol. The van der Waals surface area contributed by atoms with Crippen LogP contribution in [0.15, 0.2) is 12.4 Å². The molecule has 9 heavy (non-hydrogen) atoms. The van der Waals surface area contributed by atoms with Crippen molar-refractivity contribution in [1.29, 1.82) is 0 Å². The molecule has 0 radical (unpaired) electrons. The zero-order valence-electron chi connectivity index (χ0n) is 4.68. The Bertz CT molecular complexity index is 131. The van der Waals surface area contributed by atoms with Crippen LogP contribution in [0.3, 0.4) is 0 Å². The molecule has 0 spiro atoms. The van der Waals surface area contributed by atoms with Gasteiger partial charge in [-0.3, -0.25) is 0 Å². The van der Waals surface area contributed by atoms with Crippen molar-refractivity contribution in [1.82, 2.24) is 10.2 Å². The molecule has 1 aliphatic heterocycles. The monoisotopic (exact) mass is 138 g/mol. The van der Waals surface area contributed by atoms with Gasteiger partial charge in [-0.1, -0.05) is 8.96 Å². The highest BCUT2D eigenvalue weighted by Gasteiger charge is 2.41. The molecule has 0 bridgehead atoms. The van der Waals surface area contributed by atoms with Crippen LogP contribution in [-0.4, -0.2) is 16.2 Å². The normalized spacial score (nSPS) is 23.6. The minimum absolute atomic E-state index is 0.354. The van der Waals surface area contributed by atoms with E-state index >= 15 is 0 Å². The zero-order valence-corrected chi connectivity index (χ0v) is 4.68. The first-order valence-corrected chi connectivity index (χ1v) is 2.32. The fourth-order valence-electron chi connectivity index (χ4n) is 0.480. The summed E-state index contributed by atoms with van der Waals surface area (Å²) in [6.45, 7) is 0.771. The van der Waals surface area contributed by atoms with Crippen LogP contribution < -0.4 is 0 Å². The first kappa shape index (κ1) is 6.25. The molecule has 1 rings (SSSR count). The molecule has 0 aromatic carbocycles. The van der Waals surface area contributed by atoms with Gasteiger partial charge in [0.2, 0.25) is 0 Å². The van der Waals surface area contributed by atoms with Gasteiger partial charge < -0.3 is 0 Å². The summed E-state index contributed by atoms with van der Waals surface area (Å²) in [7, 11) is 0. The molecular formula is C4H5F3N2. The molecule has 0 saturated carbocycles. The molecule has 2 nitrogen and oxygen atoms in total. The van der Waals surface area contributed by atoms with Crippen molar-refractivity contribution < 1.29 is 13.4 Å². The van der Waals surface area contributed by atoms with Crippen molar-refractivity contribution in [3.8, 4) is 0 Å². The van der Waals surface area contributed by atoms with E-state index < -0.39 is 5.92 Å². The van der Waals surface area contributed by atoms with Gasteiger partial charge in [0.25, 0.3) is 0 Å². The first-order chi connectivity index (χ1) is 4.05. The summed E-state index contributed by atoms with van der Waals surface area (Å²) in [6.07, 6.45) is 1.33. The molecule has 1 aliphatic rings. The van der Waals surface area contributed by atoms with E-state index in [2.05, 4.69) is 0 Å². The predicted molar refractivity (Wildman–Crippen MR) is 24.5 cm³/mol. The fourth-order valence-corrected chi connectivity index (χ4v) is 0.480. The Hall–Kier alpha value is -0.870. The topological polar surface area (TPSA) is 6.48 Å². The van der Waals surface area contributed by atoms with Gasteiger partial charge in [-0.25, -0.2) is 0 Å². The Balaban J connectivity index is 2.76. The van der Waals surface area contributed by atoms with Gasteiger partial charge in [-0.05, 0) is 0 Å². The third-order valence-corrected chi connectivity index (χ3v) is 1.11. The number of rotatable bonds is 0. The van der Waals surface area contributed by atoms with Gasteiger partial charge >= 0.3 is 5.92 Å². The van der Waals surface area contributed by atoms with Crippen molar-refractivity contribution >= 4 is 0 Å². The van der Waals surface area contributed by atoms with Crippen LogP contribution in [0.2, 0.25) is 0 Å². The lowest BCUT2D eigenvalue weighted by Crippen LogP contribution is -2.38. The Kier molecular flexibility index (Phi) is 1.08. The van der Waals surface area contributed by atoms with E-state index in [-0.39, 0.29) is 10.2 Å². The van der Waals surface area contributed by atoms with E-state index in [1.54, 1.807) is 0 Å². The van der Waals surface area contributed by atoms with E-state index in [1.807, 2.05) is 0 Å². The molecule has 0 saturated heterocycles. The largest absolute Gasteiger partial charge is 0.308 e. The second-order valence-corrected chi connectivity index (χ2v) is 1.83. The highest BCUT2D eigenvalue weighted by molar-refractivity contribution is 4.91. The van der Waals surface area contributed by atoms with Crippen molar-refractivity contribution in [2.45, 2.75) is 12.8 Å². The summed E-state index contributed by atoms with van der Waals surface area (Å²) in [5.41, 5.74) is 0. The van der Waals surface area contributed by atoms with E-state index in [9.17, 15) is 13.4 Å². The summed E-state index contributed by atoms with van der Waals surface area (Å²) in [6, 6.07) is 0. The van der Waals surface area contributed by atoms with Gasteiger partial charge in [-0.15, -0.1) is 0 Å². The lowest BCUT2D eigenvalue weighted by atomic mass is 10.5. The SMILES string of the molecule is CC1(F)N(F)C=CN1F. The van der Waals surface area contributed by atoms with E-state index in [0.29, 0.717) is 12.4 Å². The summed E-state index contributed by atoms with van der Waals surface area (Å²) >= 11 is 0. The second kappa shape index (κ2) is 1.55. The number of hydrogen-bond donors (Lipinski definition) is 0. The molecule has 1 heterocycles. The quantitative estimate of drug-likeness (QED) is 0.369. The minimum Gasteiger partial charge on any atom is -0.189 e. The number of halogens is 3. The maximum Gasteiger partial charge on any atom is 0.308 e. The van der Waals surface area contributed by atoms with Crippen molar-refractivity contribution in [3.05, 3.63) is 12.4 Å². The second-order valence-electron chi connectivity index (χ2n) is 1.83. The molecule has 0 N–H and O–H groups in total. The van der Waals surface area contributed by atoms with Crippen molar-refractivity contribution in [3.63, 3.8) is 0 Å². The maximum absolute atomic E-state index is 12.4. The molecule has 5 heteroatoms. The predicted octanol–water partition coefficient (Wildman–Crippen LogP) is 1.49. The molecule has 0 atom stereocenters. The van der Waals surface area contributed by atoms with E-state index in [1.165, 1.54) is 0 Å². The summed E-state index contributed by atoms with van der Waals surface area (Å²) < 4.78 is 36.5. The molecule has 0 unspecified atom stereocenters. The zero-order chi connectivity index (χ0) is 7.07. The van der Waals surface area contributed by atoms with Crippen molar-refractivity contribution in [2.24, 2.45) is 0 Å². The lowest BCUT2D eigenvalue weighted by Gasteiger charge is -2.22. The highest BCUT2D eigenvalue weighted by atomic mass is 19.2. The third-order valence-electron chi connectivity index (χ3n) is 1.11. The summed E-state index contributed by atoms with van der Waals surface area (Å²) in [5.74, 6) is -2.67. The third kappa shape index (κ3) is 0.721. The van der Waals surface area contributed by atoms with Crippen LogP contribution in [0.1, 0.15) is 6.92 Å². The van der Waals surface area contributed by atoms with Gasteiger partial charge in [-0.2, -0.15) is 14.6 Å². The average Bonchev–Trinajstić information content (AvgIpc) is 1.96. The smallest absolute Gasteiger partial charge is 0.189 e. The number of alkyl halides is 1. The summed E-state index contributed by atoms with van der Waals surface area (Å²) in [5, 5.41) is -0.708. The standard InChI is InChI=1S/C4H5F3N2/c1-4(5)8(6)2-3-9(4)7/h2-3H,1H3. The maximum atomic E-state index is 12.4. The Morgan fingerprint density at radius 3 is 1.67 bits per heavy atom. The number of hydrogen-bond acceptors (Lipinski definition) is 2. The van der Waals surface area contributed by atoms with Crippen LogP contribution >= 0.6 is 0 Å². The highest BCUT2D eigenvalue weighted by Crippen LogP contribution is 2.28. The molecular weight excluding hydrogens is 133 g/mol. The fraction of sp³-hybridized carbons (Fsp3) is 0.500. The molecule has 0 aliphatic carbocycles. The Morgan fingerprint density at radius 2 is 1.56 bits per heavy atom. The molecule has 0 fully saturated rings. The van der Waals surface area contributed by atoms with Crippen LogP contribution in [0, 0.1) is 0 Å². The molecule has 0 aromatic heterocycles. The lowest BCUT2D eigenvalue weighted by molar-refractivity contribution is -0.223. The van der Waals surface area contributed by atoms with Gasteiger partial charge in [0, 0.05) is 6.92 Å². The molecule has 0 amide bonds. The van der Waals surface area contributed by atoms with Gasteiger partial charge in [0.15, 0.2) is 0 Å². The van der Waals surface area contributed by atoms with Gasteiger partial charge in [0.1, 0.15) is 0 Å². The first-order valence-electron chi connectivity index (χ1n) is 2.32. The van der Waals surface area contributed by atoms with Crippen molar-refractivity contribution in [2.75, 3.05) is 0 Å².